The van der Waals surface area contributed by atoms with Gasteiger partial charge in [0.15, 0.2) is 0 Å². The zero-order valence-electron chi connectivity index (χ0n) is 25.7. The van der Waals surface area contributed by atoms with Crippen LogP contribution in [0, 0.1) is 17.1 Å². The van der Waals surface area contributed by atoms with E-state index < -0.39 is 34.9 Å². The Morgan fingerprint density at radius 2 is 1.67 bits per heavy atom. The van der Waals surface area contributed by atoms with Crippen LogP contribution in [-0.2, 0) is 40.0 Å². The van der Waals surface area contributed by atoms with E-state index in [9.17, 15) is 32.5 Å². The number of fused-ring (bicyclic) bond motifs is 2. The average molecular weight is 670 g/mol. The third-order valence-electron chi connectivity index (χ3n) is 8.53. The summed E-state index contributed by atoms with van der Waals surface area (Å²) in [5.74, 6) is -1.06. The van der Waals surface area contributed by atoms with Crippen molar-refractivity contribution in [2.45, 2.75) is 31.7 Å². The van der Waals surface area contributed by atoms with Crippen molar-refractivity contribution in [3.8, 4) is 6.07 Å². The molecule has 2 saturated heterocycles. The lowest BCUT2D eigenvalue weighted by molar-refractivity contribution is -0.157. The lowest BCUT2D eigenvalue weighted by Crippen LogP contribution is -2.66. The molecule has 4 aromatic rings. The summed E-state index contributed by atoms with van der Waals surface area (Å²) in [5, 5.41) is 17.1. The fraction of sp³-hybridized carbons (Fsp3) is 0.235. The number of hydrogen-bond donors (Lipinski definition) is 3. The third-order valence-corrected chi connectivity index (χ3v) is 8.97. The minimum absolute atomic E-state index is 0.0664. The Balaban J connectivity index is 1.31. The van der Waals surface area contributed by atoms with Crippen LogP contribution in [-0.4, -0.2) is 77.9 Å². The van der Waals surface area contributed by atoms with Crippen molar-refractivity contribution in [1.29, 1.82) is 5.26 Å². The molecule has 0 bridgehead atoms. The molecule has 0 aromatic heterocycles. The summed E-state index contributed by atoms with van der Waals surface area (Å²) in [6.45, 7) is -0.196. The molecule has 4 aromatic carbocycles. The number of benzene rings is 4. The van der Waals surface area contributed by atoms with E-state index in [1.54, 1.807) is 29.2 Å². The van der Waals surface area contributed by atoms with Gasteiger partial charge in [-0.3, -0.25) is 14.3 Å². The number of carbonyl (C=O) groups excluding carboxylic acids is 3. The van der Waals surface area contributed by atoms with E-state index in [1.807, 2.05) is 48.5 Å². The van der Waals surface area contributed by atoms with Crippen LogP contribution in [0.3, 0.4) is 0 Å². The first-order valence-corrected chi connectivity index (χ1v) is 16.4. The van der Waals surface area contributed by atoms with Crippen molar-refractivity contribution < 1.29 is 27.2 Å². The van der Waals surface area contributed by atoms with Crippen LogP contribution in [0.4, 0.5) is 14.9 Å². The molecule has 2 N–H and O–H groups in total. The van der Waals surface area contributed by atoms with Gasteiger partial charge in [-0.1, -0.05) is 66.7 Å². The molecule has 0 radical (unpaired) electrons. The van der Waals surface area contributed by atoms with E-state index in [0.717, 1.165) is 16.3 Å². The number of hydrogen-bond acceptors (Lipinski definition) is 7. The Labute approximate surface area is 278 Å². The fourth-order valence-corrected chi connectivity index (χ4v) is 6.65. The highest BCUT2D eigenvalue weighted by Gasteiger charge is 2.52. The van der Waals surface area contributed by atoms with Gasteiger partial charge in [0.25, 0.3) is 0 Å². The molecule has 14 heteroatoms. The number of rotatable bonds is 10. The molecule has 2 atom stereocenters. The Hall–Kier alpha value is -5.52. The van der Waals surface area contributed by atoms with Gasteiger partial charge in [0.2, 0.25) is 22.7 Å². The highest BCUT2D eigenvalue weighted by molar-refractivity contribution is 7.73. The summed E-state index contributed by atoms with van der Waals surface area (Å²) >= 11 is 0. The maximum Gasteiger partial charge on any atom is 0.333 e. The minimum Gasteiger partial charge on any atom is -0.333 e. The van der Waals surface area contributed by atoms with Crippen molar-refractivity contribution in [2.75, 3.05) is 24.4 Å². The monoisotopic (exact) mass is 669 g/mol. The molecule has 2 aliphatic heterocycles. The fourth-order valence-electron chi connectivity index (χ4n) is 6.29. The van der Waals surface area contributed by atoms with Crippen molar-refractivity contribution in [3.05, 3.63) is 114 Å². The van der Waals surface area contributed by atoms with Crippen LogP contribution in [0.5, 0.6) is 0 Å². The van der Waals surface area contributed by atoms with Gasteiger partial charge >= 0.3 is 6.03 Å². The maximum absolute atomic E-state index is 14.2. The van der Waals surface area contributed by atoms with E-state index in [4.69, 9.17) is 0 Å². The Morgan fingerprint density at radius 1 is 0.958 bits per heavy atom. The van der Waals surface area contributed by atoms with Crippen LogP contribution in [0.1, 0.15) is 16.7 Å². The van der Waals surface area contributed by atoms with Gasteiger partial charge in [-0.2, -0.15) is 10.3 Å². The zero-order chi connectivity index (χ0) is 33.8. The first-order valence-electron chi connectivity index (χ1n) is 15.2. The van der Waals surface area contributed by atoms with Crippen molar-refractivity contribution in [3.63, 3.8) is 0 Å². The molecule has 0 spiro atoms. The van der Waals surface area contributed by atoms with Crippen LogP contribution >= 0.6 is 0 Å². The molecule has 246 valence electrons. The predicted molar refractivity (Wildman–Crippen MR) is 176 cm³/mol. The van der Waals surface area contributed by atoms with Crippen molar-refractivity contribution >= 4 is 45.2 Å². The first-order chi connectivity index (χ1) is 23.2. The molecule has 6 rings (SSSR count). The summed E-state index contributed by atoms with van der Waals surface area (Å²) in [6, 6.07) is 26.3. The number of piperazine rings is 1. The van der Waals surface area contributed by atoms with Crippen LogP contribution in [0.2, 0.25) is 0 Å². The minimum atomic E-state index is -2.85. The summed E-state index contributed by atoms with van der Waals surface area (Å²) < 4.78 is 37.9. The predicted octanol–water partition coefficient (Wildman–Crippen LogP) is 2.99. The molecular formula is C34H32FN7O5S. The average Bonchev–Trinajstić information content (AvgIpc) is 3.40. The van der Waals surface area contributed by atoms with E-state index in [2.05, 4.69) is 10.0 Å². The highest BCUT2D eigenvalue weighted by Crippen LogP contribution is 2.31. The maximum atomic E-state index is 14.2. The largest absolute Gasteiger partial charge is 0.333 e. The lowest BCUT2D eigenvalue weighted by Gasteiger charge is -2.46. The van der Waals surface area contributed by atoms with Gasteiger partial charge in [0.1, 0.15) is 24.6 Å². The number of nitriles is 1. The summed E-state index contributed by atoms with van der Waals surface area (Å²) in [7, 11) is -2.85. The zero-order valence-corrected chi connectivity index (χ0v) is 26.6. The SMILES string of the molecule is N#CCN(C(=O)NCc1ccc(F)cc1)N1CC(=O)N2[C@@H](Cc3ccc(N[SH](=O)=O)cc3)C(=O)N(Cc3cccc4ccccc34)C[C@@H]21. The molecule has 2 heterocycles. The van der Waals surface area contributed by atoms with E-state index in [0.29, 0.717) is 16.8 Å². The number of hydrazine groups is 1. The molecule has 4 amide bonds. The second-order valence-corrected chi connectivity index (χ2v) is 12.3. The molecule has 0 saturated carbocycles. The molecule has 2 aliphatic rings. The Morgan fingerprint density at radius 3 is 2.40 bits per heavy atom. The van der Waals surface area contributed by atoms with Crippen LogP contribution in [0.25, 0.3) is 10.8 Å². The van der Waals surface area contributed by atoms with Gasteiger partial charge in [0.05, 0.1) is 19.2 Å². The lowest BCUT2D eigenvalue weighted by atomic mass is 9.99. The van der Waals surface area contributed by atoms with E-state index in [1.165, 1.54) is 39.2 Å². The normalized spacial score (nSPS) is 17.8. The molecular weight excluding hydrogens is 637 g/mol. The third kappa shape index (κ3) is 6.92. The second kappa shape index (κ2) is 14.1. The highest BCUT2D eigenvalue weighted by atomic mass is 32.2. The summed E-state index contributed by atoms with van der Waals surface area (Å²) in [5.41, 5.74) is 2.62. The smallest absolute Gasteiger partial charge is 0.333 e. The van der Waals surface area contributed by atoms with Crippen LogP contribution in [0.15, 0.2) is 91.0 Å². The summed E-state index contributed by atoms with van der Waals surface area (Å²) in [4.78, 5) is 44.6. The van der Waals surface area contributed by atoms with Gasteiger partial charge in [0, 0.05) is 25.2 Å². The Bertz CT molecular complexity index is 1950. The molecule has 0 aliphatic carbocycles. The van der Waals surface area contributed by atoms with Gasteiger partial charge in [-0.25, -0.2) is 22.6 Å². The van der Waals surface area contributed by atoms with Crippen LogP contribution < -0.4 is 10.0 Å². The molecule has 0 unspecified atom stereocenters. The van der Waals surface area contributed by atoms with Gasteiger partial charge in [-0.15, -0.1) is 0 Å². The first kappa shape index (κ1) is 32.4. The standard InChI is InChI=1S/C34H32FN7O5S/c35-27-12-8-24(9-13-27)19-37-34(45)40(17-16-36)41-22-32(43)42-30(18-23-10-14-28(15-11-23)38-48(46)47)33(44)39(21-31(41)42)20-26-6-3-5-25-4-1-2-7-29(25)26/h1-15,30-31,48H,17-22H2,(H,37,45)(H,38,46,47)/t30-,31+/m0/s1. The van der Waals surface area contributed by atoms with Crippen molar-refractivity contribution in [1.82, 2.24) is 25.1 Å². The summed E-state index contributed by atoms with van der Waals surface area (Å²) in [6.07, 6.45) is -0.620. The van der Waals surface area contributed by atoms with Gasteiger partial charge in [-0.05, 0) is 51.7 Å². The molecule has 2 fully saturated rings. The number of urea groups is 1. The number of nitrogens with zero attached hydrogens (tertiary/aromatic N) is 5. The quantitative estimate of drug-likeness (QED) is 0.174. The number of nitrogens with one attached hydrogen (secondary N) is 2. The topological polar surface area (TPSA) is 146 Å². The number of carbonyl (C=O) groups is 3. The number of halogens is 1. The van der Waals surface area contributed by atoms with Gasteiger partial charge < -0.3 is 15.1 Å². The second-order valence-electron chi connectivity index (χ2n) is 11.5. The van der Waals surface area contributed by atoms with E-state index >= 15 is 0 Å². The number of thiol groups is 1. The molecule has 12 nitrogen and oxygen atoms in total. The number of anilines is 1. The van der Waals surface area contributed by atoms with Crippen molar-refractivity contribution in [2.24, 2.45) is 0 Å². The van der Waals surface area contributed by atoms with E-state index in [-0.39, 0.29) is 51.0 Å². The Kier molecular flexibility index (Phi) is 9.51. The number of amides is 4. The molecule has 48 heavy (non-hydrogen) atoms.